The molecule has 1 N–H and O–H groups in total. The number of hydrazine groups is 1. The minimum Gasteiger partial charge on any atom is -0.272 e. The Kier molecular flexibility index (Phi) is 3.82. The Bertz CT molecular complexity index is 776. The summed E-state index contributed by atoms with van der Waals surface area (Å²) < 4.78 is 0.788. The van der Waals surface area contributed by atoms with E-state index < -0.39 is 0 Å². The van der Waals surface area contributed by atoms with Gasteiger partial charge in [0, 0.05) is 27.8 Å². The molecule has 114 valence electrons. The lowest BCUT2D eigenvalue weighted by Crippen LogP contribution is -2.36. The summed E-state index contributed by atoms with van der Waals surface area (Å²) in [6.45, 7) is 3.48. The van der Waals surface area contributed by atoms with Crippen molar-refractivity contribution in [2.45, 2.75) is 13.8 Å². The molecule has 0 bridgehead atoms. The maximum absolute atomic E-state index is 12.1. The number of aromatic nitrogens is 1. The Morgan fingerprint density at radius 3 is 2.50 bits per heavy atom. The van der Waals surface area contributed by atoms with Crippen LogP contribution >= 0.6 is 27.5 Å². The zero-order valence-electron chi connectivity index (χ0n) is 11.9. The van der Waals surface area contributed by atoms with Crippen molar-refractivity contribution in [1.29, 1.82) is 0 Å². The van der Waals surface area contributed by atoms with Crippen molar-refractivity contribution in [2.75, 3.05) is 5.43 Å². The predicted molar refractivity (Wildman–Crippen MR) is 88.3 cm³/mol. The highest BCUT2D eigenvalue weighted by molar-refractivity contribution is 9.10. The van der Waals surface area contributed by atoms with Crippen molar-refractivity contribution in [3.8, 4) is 0 Å². The van der Waals surface area contributed by atoms with Crippen LogP contribution in [0.5, 0.6) is 0 Å². The van der Waals surface area contributed by atoms with Gasteiger partial charge in [0.1, 0.15) is 5.82 Å². The quantitative estimate of drug-likeness (QED) is 0.806. The molecule has 1 fully saturated rings. The number of anilines is 1. The van der Waals surface area contributed by atoms with Crippen molar-refractivity contribution < 1.29 is 9.59 Å². The van der Waals surface area contributed by atoms with Crippen LogP contribution in [0.3, 0.4) is 0 Å². The molecule has 2 unspecified atom stereocenters. The highest BCUT2D eigenvalue weighted by atomic mass is 79.9. The number of para-hydroxylation sites is 1. The van der Waals surface area contributed by atoms with E-state index in [2.05, 4.69) is 26.3 Å². The second-order valence-electron chi connectivity index (χ2n) is 5.33. The molecule has 3 rings (SSSR count). The van der Waals surface area contributed by atoms with E-state index in [1.165, 1.54) is 0 Å². The molecule has 22 heavy (non-hydrogen) atoms. The summed E-state index contributed by atoms with van der Waals surface area (Å²) in [5, 5.41) is 2.31. The maximum Gasteiger partial charge on any atom is 0.251 e. The molecule has 2 amide bonds. The highest BCUT2D eigenvalue weighted by Crippen LogP contribution is 2.31. The van der Waals surface area contributed by atoms with Gasteiger partial charge >= 0.3 is 0 Å². The molecule has 1 saturated heterocycles. The van der Waals surface area contributed by atoms with Gasteiger partial charge in [-0.1, -0.05) is 37.6 Å². The van der Waals surface area contributed by atoms with Crippen LogP contribution in [0.15, 0.2) is 28.7 Å². The number of pyridine rings is 1. The molecular weight excluding hydrogens is 370 g/mol. The van der Waals surface area contributed by atoms with Gasteiger partial charge in [-0.25, -0.2) is 4.98 Å². The number of hydrogen-bond donors (Lipinski definition) is 1. The number of hydrogen-bond acceptors (Lipinski definition) is 4. The van der Waals surface area contributed by atoms with Crippen LogP contribution in [-0.2, 0) is 9.59 Å². The smallest absolute Gasteiger partial charge is 0.251 e. The third kappa shape index (κ3) is 2.36. The summed E-state index contributed by atoms with van der Waals surface area (Å²) in [6.07, 6.45) is 0. The van der Waals surface area contributed by atoms with Gasteiger partial charge in [-0.15, -0.1) is 0 Å². The Labute approximate surface area is 140 Å². The van der Waals surface area contributed by atoms with E-state index in [9.17, 15) is 9.59 Å². The second-order valence-corrected chi connectivity index (χ2v) is 6.59. The fourth-order valence-corrected chi connectivity index (χ4v) is 3.11. The molecule has 0 radical (unpaired) electrons. The van der Waals surface area contributed by atoms with Crippen LogP contribution in [0, 0.1) is 11.8 Å². The zero-order chi connectivity index (χ0) is 16.0. The average Bonchev–Trinajstić information content (AvgIpc) is 2.66. The number of carbonyl (C=O) groups is 2. The molecule has 7 heteroatoms. The summed E-state index contributed by atoms with van der Waals surface area (Å²) in [5.74, 6) is -0.858. The molecule has 1 aliphatic heterocycles. The molecule has 1 aromatic carbocycles. The largest absolute Gasteiger partial charge is 0.272 e. The normalized spacial score (nSPS) is 21.7. The Balaban J connectivity index is 2.00. The van der Waals surface area contributed by atoms with Gasteiger partial charge in [0.2, 0.25) is 0 Å². The number of carbonyl (C=O) groups excluding carboxylic acids is 2. The van der Waals surface area contributed by atoms with Crippen molar-refractivity contribution in [2.24, 2.45) is 11.8 Å². The van der Waals surface area contributed by atoms with Gasteiger partial charge < -0.3 is 0 Å². The number of rotatable bonds is 2. The number of halogens is 2. The molecule has 0 saturated carbocycles. The number of benzene rings is 1. The fraction of sp³-hybridized carbons (Fsp3) is 0.267. The summed E-state index contributed by atoms with van der Waals surface area (Å²) in [7, 11) is 0. The first-order valence-electron chi connectivity index (χ1n) is 6.79. The molecule has 2 aromatic rings. The standard InChI is InChI=1S/C15H13BrClN3O2/c1-7-8(2)15(22)20(14(7)21)19-12-6-11(17)9-4-3-5-10(16)13(9)18-12/h3-8H,1-2H3,(H,18,19). The average molecular weight is 383 g/mol. The first kappa shape index (κ1) is 15.2. The van der Waals surface area contributed by atoms with E-state index in [0.717, 1.165) is 14.9 Å². The molecule has 0 aliphatic carbocycles. The minimum absolute atomic E-state index is 0.261. The van der Waals surface area contributed by atoms with Crippen molar-refractivity contribution in [1.82, 2.24) is 9.99 Å². The zero-order valence-corrected chi connectivity index (χ0v) is 14.3. The van der Waals surface area contributed by atoms with Crippen LogP contribution in [0.4, 0.5) is 5.82 Å². The monoisotopic (exact) mass is 381 g/mol. The van der Waals surface area contributed by atoms with E-state index in [1.807, 2.05) is 18.2 Å². The summed E-state index contributed by atoms with van der Waals surface area (Å²) in [5.41, 5.74) is 3.44. The van der Waals surface area contributed by atoms with Crippen molar-refractivity contribution in [3.05, 3.63) is 33.8 Å². The Morgan fingerprint density at radius 1 is 1.23 bits per heavy atom. The summed E-state index contributed by atoms with van der Waals surface area (Å²) in [6, 6.07) is 7.18. The molecule has 2 atom stereocenters. The third-order valence-corrected chi connectivity index (χ3v) is 4.89. The molecular formula is C15H13BrClN3O2. The van der Waals surface area contributed by atoms with E-state index in [1.54, 1.807) is 19.9 Å². The molecule has 5 nitrogen and oxygen atoms in total. The van der Waals surface area contributed by atoms with Gasteiger partial charge in [0.15, 0.2) is 0 Å². The SMILES string of the molecule is CC1C(=O)N(Nc2cc(Cl)c3cccc(Br)c3n2)C(=O)C1C. The molecule has 2 heterocycles. The van der Waals surface area contributed by atoms with E-state index in [-0.39, 0.29) is 23.7 Å². The van der Waals surface area contributed by atoms with Crippen LogP contribution < -0.4 is 5.43 Å². The summed E-state index contributed by atoms with van der Waals surface area (Å²) in [4.78, 5) is 28.7. The highest BCUT2D eigenvalue weighted by Gasteiger charge is 2.42. The van der Waals surface area contributed by atoms with E-state index in [0.29, 0.717) is 16.4 Å². The van der Waals surface area contributed by atoms with E-state index in [4.69, 9.17) is 11.6 Å². The first-order valence-corrected chi connectivity index (χ1v) is 7.96. The lowest BCUT2D eigenvalue weighted by Gasteiger charge is -2.17. The van der Waals surface area contributed by atoms with Crippen LogP contribution in [-0.4, -0.2) is 21.8 Å². The maximum atomic E-state index is 12.1. The third-order valence-electron chi connectivity index (χ3n) is 3.94. The Morgan fingerprint density at radius 2 is 1.86 bits per heavy atom. The second kappa shape index (κ2) is 5.52. The number of fused-ring (bicyclic) bond motifs is 1. The fourth-order valence-electron chi connectivity index (χ4n) is 2.40. The number of imide groups is 1. The number of nitrogens with one attached hydrogen (secondary N) is 1. The van der Waals surface area contributed by atoms with E-state index >= 15 is 0 Å². The van der Waals surface area contributed by atoms with Gasteiger partial charge in [0.25, 0.3) is 11.8 Å². The van der Waals surface area contributed by atoms with Crippen LogP contribution in [0.1, 0.15) is 13.8 Å². The number of nitrogens with zero attached hydrogens (tertiary/aromatic N) is 2. The first-order chi connectivity index (χ1) is 10.4. The molecule has 1 aromatic heterocycles. The van der Waals surface area contributed by atoms with Gasteiger partial charge in [-0.3, -0.25) is 15.0 Å². The Hall–Kier alpha value is -1.66. The molecule has 1 aliphatic rings. The lowest BCUT2D eigenvalue weighted by atomic mass is 10.00. The van der Waals surface area contributed by atoms with Crippen molar-refractivity contribution in [3.63, 3.8) is 0 Å². The van der Waals surface area contributed by atoms with Gasteiger partial charge in [-0.2, -0.15) is 5.01 Å². The summed E-state index contributed by atoms with van der Waals surface area (Å²) >= 11 is 9.68. The van der Waals surface area contributed by atoms with Crippen LogP contribution in [0.25, 0.3) is 10.9 Å². The van der Waals surface area contributed by atoms with Gasteiger partial charge in [-0.05, 0) is 22.0 Å². The molecule has 0 spiro atoms. The van der Waals surface area contributed by atoms with Crippen LogP contribution in [0.2, 0.25) is 5.02 Å². The predicted octanol–water partition coefficient (Wildman–Crippen LogP) is 3.62. The topological polar surface area (TPSA) is 62.3 Å². The van der Waals surface area contributed by atoms with Gasteiger partial charge in [0.05, 0.1) is 10.5 Å². The lowest BCUT2D eigenvalue weighted by molar-refractivity contribution is -0.138. The minimum atomic E-state index is -0.345. The van der Waals surface area contributed by atoms with Crippen molar-refractivity contribution >= 4 is 56.1 Å². The number of amides is 2.